The largest absolute Gasteiger partial charge is 0.544 e. The summed E-state index contributed by atoms with van der Waals surface area (Å²) in [5.41, 5.74) is 0.410. The Labute approximate surface area is 148 Å². The van der Waals surface area contributed by atoms with E-state index in [0.29, 0.717) is 26.2 Å². The predicted molar refractivity (Wildman–Crippen MR) is 92.8 cm³/mol. The average Bonchev–Trinajstić information content (AvgIpc) is 2.54. The van der Waals surface area contributed by atoms with E-state index in [1.807, 2.05) is 51.1 Å². The number of hydrogen-bond donors (Lipinski definition) is 1. The van der Waals surface area contributed by atoms with E-state index in [0.717, 1.165) is 10.5 Å². The zero-order valence-corrected chi connectivity index (χ0v) is 15.0. The molecule has 25 heavy (non-hydrogen) atoms. The molecule has 1 N–H and O–H groups in total. The number of amides is 1. The number of carbonyl (C=O) groups is 2. The molecule has 0 saturated carbocycles. The van der Waals surface area contributed by atoms with Gasteiger partial charge in [-0.1, -0.05) is 36.4 Å². The van der Waals surface area contributed by atoms with Crippen molar-refractivity contribution < 1.29 is 24.3 Å². The number of piperazine rings is 1. The summed E-state index contributed by atoms with van der Waals surface area (Å²) in [7, 11) is 0. The molecule has 1 fully saturated rings. The van der Waals surface area contributed by atoms with Crippen molar-refractivity contribution in [3.8, 4) is 0 Å². The fourth-order valence-corrected chi connectivity index (χ4v) is 2.77. The topological polar surface area (TPSA) is 74.1 Å². The molecule has 1 atom stereocenters. The minimum absolute atomic E-state index is 0.351. The Balaban J connectivity index is 1.95. The normalized spacial score (nSPS) is 17.5. The molecular weight excluding hydrogens is 320 g/mol. The second kappa shape index (κ2) is 8.16. The third-order valence-corrected chi connectivity index (χ3v) is 4.03. The van der Waals surface area contributed by atoms with E-state index in [9.17, 15) is 14.7 Å². The van der Waals surface area contributed by atoms with E-state index in [4.69, 9.17) is 4.74 Å². The standard InChI is InChI=1S/C19H26N2O4/c1-19(2,3)25-18(24)21-13-11-20(12-14-21)16(17(22)23)10-9-15-7-5-4-6-8-15/h4-10,16H,11-14H2,1-3H3,(H,22,23)/b10-9+/t16-/m1/s1. The van der Waals surface area contributed by atoms with Crippen molar-refractivity contribution in [2.45, 2.75) is 32.4 Å². The zero-order valence-electron chi connectivity index (χ0n) is 15.0. The molecule has 0 unspecified atom stereocenters. The number of hydrogen-bond acceptors (Lipinski definition) is 4. The maximum absolute atomic E-state index is 12.1. The summed E-state index contributed by atoms with van der Waals surface area (Å²) in [5.74, 6) is -1.10. The fraction of sp³-hybridized carbons (Fsp3) is 0.474. The zero-order chi connectivity index (χ0) is 18.4. The molecule has 0 radical (unpaired) electrons. The van der Waals surface area contributed by atoms with Gasteiger partial charge in [-0.3, -0.25) is 4.90 Å². The number of rotatable bonds is 4. The predicted octanol–water partition coefficient (Wildman–Crippen LogP) is -0.0461. The van der Waals surface area contributed by atoms with E-state index in [1.165, 1.54) is 0 Å². The van der Waals surface area contributed by atoms with Gasteiger partial charge in [0.1, 0.15) is 17.6 Å². The van der Waals surface area contributed by atoms with Crippen LogP contribution in [0.3, 0.4) is 0 Å². The Hall–Kier alpha value is -2.34. The number of benzene rings is 1. The highest BCUT2D eigenvalue weighted by molar-refractivity contribution is 5.74. The molecule has 1 aromatic carbocycles. The summed E-state index contributed by atoms with van der Waals surface area (Å²) < 4.78 is 5.36. The number of quaternary nitrogens is 1. The first kappa shape index (κ1) is 19.0. The lowest BCUT2D eigenvalue weighted by molar-refractivity contribution is -0.916. The molecule has 0 spiro atoms. The lowest BCUT2D eigenvalue weighted by atomic mass is 10.1. The molecular formula is C19H26N2O4. The summed E-state index contributed by atoms with van der Waals surface area (Å²) in [6.45, 7) is 7.49. The highest BCUT2D eigenvalue weighted by Crippen LogP contribution is 2.10. The molecule has 1 heterocycles. The second-order valence-electron chi connectivity index (χ2n) is 7.19. The molecule has 0 aromatic heterocycles. The first-order valence-corrected chi connectivity index (χ1v) is 8.53. The molecule has 1 aliphatic rings. The Bertz CT molecular complexity index is 614. The van der Waals surface area contributed by atoms with Crippen LogP contribution in [0.5, 0.6) is 0 Å². The van der Waals surface area contributed by atoms with Gasteiger partial charge in [0.25, 0.3) is 0 Å². The van der Waals surface area contributed by atoms with Gasteiger partial charge in [-0.25, -0.2) is 4.79 Å². The number of carbonyl (C=O) groups excluding carboxylic acids is 2. The summed E-state index contributed by atoms with van der Waals surface area (Å²) in [6.07, 6.45) is 3.12. The van der Waals surface area contributed by atoms with Gasteiger partial charge < -0.3 is 19.5 Å². The van der Waals surface area contributed by atoms with Crippen molar-refractivity contribution >= 4 is 18.1 Å². The van der Waals surface area contributed by atoms with Crippen LogP contribution in [0.25, 0.3) is 6.08 Å². The maximum Gasteiger partial charge on any atom is 0.410 e. The van der Waals surface area contributed by atoms with E-state index in [2.05, 4.69) is 0 Å². The van der Waals surface area contributed by atoms with Crippen molar-refractivity contribution in [1.82, 2.24) is 4.90 Å². The van der Waals surface area contributed by atoms with Crippen LogP contribution >= 0.6 is 0 Å². The summed E-state index contributed by atoms with van der Waals surface area (Å²) in [5, 5.41) is 11.5. The Morgan fingerprint density at radius 3 is 2.32 bits per heavy atom. The quantitative estimate of drug-likeness (QED) is 0.830. The molecule has 2 rings (SSSR count). The van der Waals surface area contributed by atoms with Crippen molar-refractivity contribution in [3.63, 3.8) is 0 Å². The monoisotopic (exact) mass is 346 g/mol. The van der Waals surface area contributed by atoms with Gasteiger partial charge in [0, 0.05) is 0 Å². The van der Waals surface area contributed by atoms with Crippen LogP contribution in [-0.4, -0.2) is 54.8 Å². The van der Waals surface area contributed by atoms with Gasteiger partial charge in [-0.15, -0.1) is 0 Å². The third-order valence-electron chi connectivity index (χ3n) is 4.03. The van der Waals surface area contributed by atoms with Gasteiger partial charge in [0.2, 0.25) is 0 Å². The van der Waals surface area contributed by atoms with Crippen LogP contribution in [0, 0.1) is 0 Å². The van der Waals surface area contributed by atoms with Crippen LogP contribution in [-0.2, 0) is 9.53 Å². The molecule has 1 saturated heterocycles. The second-order valence-corrected chi connectivity index (χ2v) is 7.19. The first-order chi connectivity index (χ1) is 11.8. The number of carboxylic acid groups (broad SMARTS) is 1. The van der Waals surface area contributed by atoms with Gasteiger partial charge in [-0.05, 0) is 32.4 Å². The highest BCUT2D eigenvalue weighted by atomic mass is 16.6. The molecule has 1 aromatic rings. The molecule has 136 valence electrons. The number of aliphatic carboxylic acids is 1. The SMILES string of the molecule is CC(C)(C)OC(=O)N1CC[NH+]([C@H](/C=C/c2ccccc2)C(=O)[O-])CC1. The van der Waals surface area contributed by atoms with Crippen LogP contribution in [0.4, 0.5) is 4.79 Å². The molecule has 0 aliphatic carbocycles. The van der Waals surface area contributed by atoms with Crippen molar-refractivity contribution in [1.29, 1.82) is 0 Å². The van der Waals surface area contributed by atoms with Gasteiger partial charge >= 0.3 is 6.09 Å². The van der Waals surface area contributed by atoms with E-state index in [-0.39, 0.29) is 6.09 Å². The summed E-state index contributed by atoms with van der Waals surface area (Å²) in [6, 6.07) is 8.81. The Kier molecular flexibility index (Phi) is 6.20. The Morgan fingerprint density at radius 1 is 1.20 bits per heavy atom. The number of carboxylic acids is 1. The van der Waals surface area contributed by atoms with Crippen molar-refractivity contribution in [2.75, 3.05) is 26.2 Å². The number of nitrogens with zero attached hydrogens (tertiary/aromatic N) is 1. The van der Waals surface area contributed by atoms with E-state index < -0.39 is 17.6 Å². The summed E-state index contributed by atoms with van der Waals surface area (Å²) in [4.78, 5) is 26.1. The minimum Gasteiger partial charge on any atom is -0.544 e. The number of nitrogens with one attached hydrogen (secondary N) is 1. The maximum atomic E-state index is 12.1. The van der Waals surface area contributed by atoms with Crippen molar-refractivity contribution in [2.24, 2.45) is 0 Å². The number of ether oxygens (including phenoxy) is 1. The van der Waals surface area contributed by atoms with Gasteiger partial charge in [0.05, 0.1) is 26.2 Å². The van der Waals surface area contributed by atoms with Gasteiger partial charge in [-0.2, -0.15) is 0 Å². The minimum atomic E-state index is -1.10. The highest BCUT2D eigenvalue weighted by Gasteiger charge is 2.31. The lowest BCUT2D eigenvalue weighted by Gasteiger charge is -2.36. The lowest BCUT2D eigenvalue weighted by Crippen LogP contribution is -3.19. The molecule has 1 aliphatic heterocycles. The molecule has 6 heteroatoms. The fourth-order valence-electron chi connectivity index (χ4n) is 2.77. The van der Waals surface area contributed by atoms with Crippen LogP contribution < -0.4 is 10.0 Å². The van der Waals surface area contributed by atoms with Crippen LogP contribution in [0.2, 0.25) is 0 Å². The van der Waals surface area contributed by atoms with Crippen molar-refractivity contribution in [3.05, 3.63) is 42.0 Å². The average molecular weight is 346 g/mol. The first-order valence-electron chi connectivity index (χ1n) is 8.53. The Morgan fingerprint density at radius 2 is 1.80 bits per heavy atom. The summed E-state index contributed by atoms with van der Waals surface area (Å²) >= 11 is 0. The van der Waals surface area contributed by atoms with Gasteiger partial charge in [0.15, 0.2) is 0 Å². The molecule has 6 nitrogen and oxygen atoms in total. The smallest absolute Gasteiger partial charge is 0.410 e. The van der Waals surface area contributed by atoms with Crippen LogP contribution in [0.1, 0.15) is 26.3 Å². The third kappa shape index (κ3) is 5.90. The van der Waals surface area contributed by atoms with E-state index >= 15 is 0 Å². The molecule has 1 amide bonds. The van der Waals surface area contributed by atoms with E-state index in [1.54, 1.807) is 17.1 Å². The molecule has 0 bridgehead atoms. The van der Waals surface area contributed by atoms with Crippen LogP contribution in [0.15, 0.2) is 36.4 Å².